The third-order valence-corrected chi connectivity index (χ3v) is 3.51. The van der Waals surface area contributed by atoms with Crippen LogP contribution in [0.5, 0.6) is 0 Å². The Hall–Kier alpha value is -1.68. The van der Waals surface area contributed by atoms with Crippen molar-refractivity contribution in [3.05, 3.63) is 47.8 Å². The molecule has 2 unspecified atom stereocenters. The average Bonchev–Trinajstić information content (AvgIpc) is 2.86. The van der Waals surface area contributed by atoms with Gasteiger partial charge in [0.05, 0.1) is 17.9 Å². The minimum atomic E-state index is 0.238. The minimum absolute atomic E-state index is 0.238. The summed E-state index contributed by atoms with van der Waals surface area (Å²) in [6, 6.07) is 10.8. The standard InChI is InChI=1S/C15H22N4/c1-4-10-16-15(14-11-17-18-19(14)3)12(2)13-8-6-5-7-9-13/h5-9,11-12,15-16H,4,10H2,1-3H3. The van der Waals surface area contributed by atoms with Gasteiger partial charge in [-0.1, -0.05) is 49.4 Å². The molecular weight excluding hydrogens is 236 g/mol. The second kappa shape index (κ2) is 6.48. The zero-order valence-electron chi connectivity index (χ0n) is 11.9. The number of aryl methyl sites for hydroxylation is 1. The SMILES string of the molecule is CCCNC(c1cnnn1C)C(C)c1ccccc1. The molecule has 1 aromatic carbocycles. The first-order valence-electron chi connectivity index (χ1n) is 6.87. The maximum atomic E-state index is 4.05. The van der Waals surface area contributed by atoms with Crippen molar-refractivity contribution in [3.63, 3.8) is 0 Å². The largest absolute Gasteiger partial charge is 0.308 e. The first-order chi connectivity index (χ1) is 9.24. The number of benzene rings is 1. The van der Waals surface area contributed by atoms with Crippen LogP contribution in [0.25, 0.3) is 0 Å². The molecule has 1 N–H and O–H groups in total. The highest BCUT2D eigenvalue weighted by Crippen LogP contribution is 2.29. The summed E-state index contributed by atoms with van der Waals surface area (Å²) in [5, 5.41) is 11.7. The van der Waals surface area contributed by atoms with Gasteiger partial charge in [-0.05, 0) is 18.5 Å². The summed E-state index contributed by atoms with van der Waals surface area (Å²) >= 11 is 0. The molecule has 102 valence electrons. The highest BCUT2D eigenvalue weighted by atomic mass is 15.4. The van der Waals surface area contributed by atoms with E-state index in [0.717, 1.165) is 18.7 Å². The van der Waals surface area contributed by atoms with Crippen LogP contribution in [0.3, 0.4) is 0 Å². The van der Waals surface area contributed by atoms with Crippen molar-refractivity contribution in [1.29, 1.82) is 0 Å². The highest BCUT2D eigenvalue weighted by Gasteiger charge is 2.23. The van der Waals surface area contributed by atoms with Crippen molar-refractivity contribution in [2.24, 2.45) is 7.05 Å². The van der Waals surface area contributed by atoms with E-state index in [0.29, 0.717) is 5.92 Å². The molecule has 0 amide bonds. The van der Waals surface area contributed by atoms with Gasteiger partial charge in [0.25, 0.3) is 0 Å². The molecule has 0 aliphatic rings. The summed E-state index contributed by atoms with van der Waals surface area (Å²) in [4.78, 5) is 0. The van der Waals surface area contributed by atoms with Gasteiger partial charge in [-0.15, -0.1) is 5.10 Å². The van der Waals surface area contributed by atoms with Crippen LogP contribution < -0.4 is 5.32 Å². The van der Waals surface area contributed by atoms with Crippen molar-refractivity contribution < 1.29 is 0 Å². The molecule has 1 aromatic heterocycles. The molecule has 0 aliphatic heterocycles. The second-order valence-electron chi connectivity index (χ2n) is 4.91. The van der Waals surface area contributed by atoms with Crippen molar-refractivity contribution >= 4 is 0 Å². The minimum Gasteiger partial charge on any atom is -0.308 e. The van der Waals surface area contributed by atoms with E-state index in [-0.39, 0.29) is 6.04 Å². The summed E-state index contributed by atoms with van der Waals surface area (Å²) in [6.07, 6.45) is 2.97. The second-order valence-corrected chi connectivity index (χ2v) is 4.91. The van der Waals surface area contributed by atoms with Gasteiger partial charge in [-0.3, -0.25) is 4.68 Å². The van der Waals surface area contributed by atoms with Crippen LogP contribution in [-0.4, -0.2) is 21.5 Å². The Bertz CT molecular complexity index is 492. The summed E-state index contributed by atoms with van der Waals surface area (Å²) in [5.41, 5.74) is 2.46. The Morgan fingerprint density at radius 2 is 2.00 bits per heavy atom. The van der Waals surface area contributed by atoms with Gasteiger partial charge in [0, 0.05) is 13.0 Å². The molecule has 0 aliphatic carbocycles. The van der Waals surface area contributed by atoms with Crippen LogP contribution in [0, 0.1) is 0 Å². The van der Waals surface area contributed by atoms with Crippen molar-refractivity contribution in [3.8, 4) is 0 Å². The molecule has 4 heteroatoms. The first-order valence-corrected chi connectivity index (χ1v) is 6.87. The van der Waals surface area contributed by atoms with Crippen LogP contribution in [0.1, 0.15) is 43.5 Å². The fourth-order valence-electron chi connectivity index (χ4n) is 2.37. The van der Waals surface area contributed by atoms with E-state index >= 15 is 0 Å². The summed E-state index contributed by atoms with van der Waals surface area (Å²) < 4.78 is 1.85. The maximum Gasteiger partial charge on any atom is 0.0759 e. The van der Waals surface area contributed by atoms with Crippen LogP contribution in [-0.2, 0) is 7.05 Å². The lowest BCUT2D eigenvalue weighted by Gasteiger charge is -2.25. The number of rotatable bonds is 6. The lowest BCUT2D eigenvalue weighted by molar-refractivity contribution is 0.438. The van der Waals surface area contributed by atoms with E-state index in [2.05, 4.69) is 59.8 Å². The summed E-state index contributed by atoms with van der Waals surface area (Å²) in [6.45, 7) is 5.42. The number of hydrogen-bond acceptors (Lipinski definition) is 3. The van der Waals surface area contributed by atoms with E-state index in [4.69, 9.17) is 0 Å². The van der Waals surface area contributed by atoms with E-state index in [9.17, 15) is 0 Å². The number of aromatic nitrogens is 3. The van der Waals surface area contributed by atoms with Gasteiger partial charge >= 0.3 is 0 Å². The molecule has 0 fully saturated rings. The van der Waals surface area contributed by atoms with Crippen molar-refractivity contribution in [1.82, 2.24) is 20.3 Å². The molecule has 2 aromatic rings. The maximum absolute atomic E-state index is 4.05. The molecule has 0 radical (unpaired) electrons. The molecular formula is C15H22N4. The Balaban J connectivity index is 2.25. The van der Waals surface area contributed by atoms with Gasteiger partial charge < -0.3 is 5.32 Å². The molecule has 2 rings (SSSR count). The number of nitrogens with zero attached hydrogens (tertiary/aromatic N) is 3. The van der Waals surface area contributed by atoms with E-state index in [1.807, 2.05) is 17.9 Å². The van der Waals surface area contributed by atoms with Gasteiger partial charge in [0.15, 0.2) is 0 Å². The Morgan fingerprint density at radius 1 is 1.26 bits per heavy atom. The lowest BCUT2D eigenvalue weighted by Crippen LogP contribution is -2.28. The third kappa shape index (κ3) is 3.20. The highest BCUT2D eigenvalue weighted by molar-refractivity contribution is 5.23. The Morgan fingerprint density at radius 3 is 2.58 bits per heavy atom. The van der Waals surface area contributed by atoms with Gasteiger partial charge in [0.1, 0.15) is 0 Å². The predicted molar refractivity (Wildman–Crippen MR) is 76.9 cm³/mol. The zero-order chi connectivity index (χ0) is 13.7. The smallest absolute Gasteiger partial charge is 0.0759 e. The van der Waals surface area contributed by atoms with Crippen LogP contribution in [0.4, 0.5) is 0 Å². The number of nitrogens with one attached hydrogen (secondary N) is 1. The number of hydrogen-bond donors (Lipinski definition) is 1. The Labute approximate surface area is 114 Å². The van der Waals surface area contributed by atoms with E-state index < -0.39 is 0 Å². The molecule has 0 spiro atoms. The van der Waals surface area contributed by atoms with Crippen LogP contribution >= 0.6 is 0 Å². The Kier molecular flexibility index (Phi) is 4.68. The normalized spacial score (nSPS) is 14.3. The molecule has 19 heavy (non-hydrogen) atoms. The lowest BCUT2D eigenvalue weighted by atomic mass is 9.91. The predicted octanol–water partition coefficient (Wildman–Crippen LogP) is 2.66. The fourth-order valence-corrected chi connectivity index (χ4v) is 2.37. The topological polar surface area (TPSA) is 42.7 Å². The monoisotopic (exact) mass is 258 g/mol. The van der Waals surface area contributed by atoms with Crippen LogP contribution in [0.2, 0.25) is 0 Å². The third-order valence-electron chi connectivity index (χ3n) is 3.51. The van der Waals surface area contributed by atoms with Crippen molar-refractivity contribution in [2.75, 3.05) is 6.54 Å². The van der Waals surface area contributed by atoms with Gasteiger partial charge in [-0.2, -0.15) is 0 Å². The van der Waals surface area contributed by atoms with Crippen LogP contribution in [0.15, 0.2) is 36.5 Å². The quantitative estimate of drug-likeness (QED) is 0.866. The fraction of sp³-hybridized carbons (Fsp3) is 0.467. The van der Waals surface area contributed by atoms with E-state index in [1.54, 1.807) is 0 Å². The van der Waals surface area contributed by atoms with Gasteiger partial charge in [-0.25, -0.2) is 0 Å². The molecule has 2 atom stereocenters. The van der Waals surface area contributed by atoms with Gasteiger partial charge in [0.2, 0.25) is 0 Å². The average molecular weight is 258 g/mol. The zero-order valence-corrected chi connectivity index (χ0v) is 11.9. The molecule has 0 bridgehead atoms. The summed E-state index contributed by atoms with van der Waals surface area (Å²) in [7, 11) is 1.95. The summed E-state index contributed by atoms with van der Waals surface area (Å²) in [5.74, 6) is 0.380. The molecule has 0 saturated heterocycles. The molecule has 4 nitrogen and oxygen atoms in total. The molecule has 1 heterocycles. The van der Waals surface area contributed by atoms with Crippen molar-refractivity contribution in [2.45, 2.75) is 32.2 Å². The first kappa shape index (κ1) is 13.7. The molecule has 0 saturated carbocycles. The van der Waals surface area contributed by atoms with E-state index in [1.165, 1.54) is 5.56 Å².